The van der Waals surface area contributed by atoms with E-state index in [0.29, 0.717) is 5.52 Å². The van der Waals surface area contributed by atoms with Crippen molar-refractivity contribution in [2.75, 3.05) is 6.61 Å². The summed E-state index contributed by atoms with van der Waals surface area (Å²) in [5.41, 5.74) is 1.55. The molecule has 0 fully saturated rings. The number of carbonyl (C=O) groups excluding carboxylic acids is 1. The Bertz CT molecular complexity index is 490. The van der Waals surface area contributed by atoms with Crippen molar-refractivity contribution >= 4 is 16.8 Å². The highest BCUT2D eigenvalue weighted by Gasteiger charge is 2.15. The maximum atomic E-state index is 11.3. The molecule has 0 spiro atoms. The predicted octanol–water partition coefficient (Wildman–Crippen LogP) is 0.143. The van der Waals surface area contributed by atoms with Crippen LogP contribution in [-0.2, 0) is 7.05 Å². The van der Waals surface area contributed by atoms with Gasteiger partial charge in [0.05, 0.1) is 5.52 Å². The summed E-state index contributed by atoms with van der Waals surface area (Å²) in [6.45, 7) is -0.539. The first-order chi connectivity index (χ1) is 6.74. The summed E-state index contributed by atoms with van der Waals surface area (Å²) in [5, 5.41) is 12.7. The minimum atomic E-state index is -0.539. The summed E-state index contributed by atoms with van der Waals surface area (Å²) >= 11 is 0. The van der Waals surface area contributed by atoms with Crippen LogP contribution in [0.2, 0.25) is 0 Å². The molecule has 5 heteroatoms. The van der Waals surface area contributed by atoms with Gasteiger partial charge in [0.2, 0.25) is 5.78 Å². The molecule has 0 radical (unpaired) electrons. The van der Waals surface area contributed by atoms with E-state index in [1.54, 1.807) is 24.0 Å². The Morgan fingerprint density at radius 3 is 3.14 bits per heavy atom. The number of hydrogen-bond donors (Lipinski definition) is 1. The molecule has 0 amide bonds. The average molecular weight is 191 g/mol. The number of rotatable bonds is 2. The van der Waals surface area contributed by atoms with E-state index in [0.717, 1.165) is 5.52 Å². The number of nitrogens with zero attached hydrogens (tertiary/aromatic N) is 3. The number of pyridine rings is 1. The van der Waals surface area contributed by atoms with Gasteiger partial charge in [-0.1, -0.05) is 0 Å². The largest absolute Gasteiger partial charge is 0.388 e. The molecule has 14 heavy (non-hydrogen) atoms. The van der Waals surface area contributed by atoms with E-state index in [1.807, 2.05) is 6.07 Å². The SMILES string of the molecule is Cn1nc(C(=O)CO)c2ncccc21. The van der Waals surface area contributed by atoms with Crippen LogP contribution in [-0.4, -0.2) is 32.3 Å². The third kappa shape index (κ3) is 1.18. The van der Waals surface area contributed by atoms with Gasteiger partial charge in [-0.25, -0.2) is 0 Å². The maximum Gasteiger partial charge on any atom is 0.210 e. The van der Waals surface area contributed by atoms with E-state index in [1.165, 1.54) is 0 Å². The van der Waals surface area contributed by atoms with Gasteiger partial charge in [0.15, 0.2) is 5.69 Å². The van der Waals surface area contributed by atoms with Crippen LogP contribution in [0.25, 0.3) is 11.0 Å². The number of ketones is 1. The molecular formula is C9H9N3O2. The van der Waals surface area contributed by atoms with Crippen molar-refractivity contribution in [2.45, 2.75) is 0 Å². The van der Waals surface area contributed by atoms with Gasteiger partial charge in [0.25, 0.3) is 0 Å². The average Bonchev–Trinajstić information content (AvgIpc) is 2.56. The molecule has 0 saturated carbocycles. The first kappa shape index (κ1) is 8.83. The van der Waals surface area contributed by atoms with Crippen molar-refractivity contribution < 1.29 is 9.90 Å². The number of aliphatic hydroxyl groups is 1. The zero-order valence-electron chi connectivity index (χ0n) is 7.64. The molecule has 0 aliphatic rings. The first-order valence-electron chi connectivity index (χ1n) is 4.16. The second-order valence-electron chi connectivity index (χ2n) is 2.92. The molecule has 0 unspecified atom stereocenters. The summed E-state index contributed by atoms with van der Waals surface area (Å²) in [7, 11) is 1.73. The third-order valence-electron chi connectivity index (χ3n) is 2.02. The number of hydrogen-bond acceptors (Lipinski definition) is 4. The second kappa shape index (κ2) is 3.19. The number of Topliss-reactive ketones (excluding diaryl/α,β-unsaturated/α-hetero) is 1. The van der Waals surface area contributed by atoms with Crippen LogP contribution in [0.5, 0.6) is 0 Å². The van der Waals surface area contributed by atoms with Crippen LogP contribution < -0.4 is 0 Å². The standard InChI is InChI=1S/C9H9N3O2/c1-12-6-3-2-4-10-8(6)9(11-12)7(14)5-13/h2-4,13H,5H2,1H3. The highest BCUT2D eigenvalue weighted by atomic mass is 16.3. The quantitative estimate of drug-likeness (QED) is 0.686. The Morgan fingerprint density at radius 1 is 1.64 bits per heavy atom. The lowest BCUT2D eigenvalue weighted by Crippen LogP contribution is -2.06. The summed E-state index contributed by atoms with van der Waals surface area (Å²) < 4.78 is 1.57. The molecule has 0 aromatic carbocycles. The van der Waals surface area contributed by atoms with Gasteiger partial charge in [0, 0.05) is 13.2 Å². The van der Waals surface area contributed by atoms with Crippen molar-refractivity contribution in [3.05, 3.63) is 24.0 Å². The fourth-order valence-electron chi connectivity index (χ4n) is 1.35. The third-order valence-corrected chi connectivity index (χ3v) is 2.02. The molecule has 0 aliphatic heterocycles. The minimum absolute atomic E-state index is 0.227. The fourth-order valence-corrected chi connectivity index (χ4v) is 1.35. The lowest BCUT2D eigenvalue weighted by molar-refractivity contribution is 0.0899. The smallest absolute Gasteiger partial charge is 0.210 e. The molecule has 1 N–H and O–H groups in total. The van der Waals surface area contributed by atoms with Crippen LogP contribution >= 0.6 is 0 Å². The highest BCUT2D eigenvalue weighted by molar-refractivity contribution is 6.04. The minimum Gasteiger partial charge on any atom is -0.388 e. The van der Waals surface area contributed by atoms with E-state index >= 15 is 0 Å². The molecule has 0 saturated heterocycles. The van der Waals surface area contributed by atoms with Gasteiger partial charge in [-0.15, -0.1) is 0 Å². The molecule has 2 aromatic rings. The normalized spacial score (nSPS) is 10.7. The van der Waals surface area contributed by atoms with Gasteiger partial charge in [0.1, 0.15) is 12.1 Å². The maximum absolute atomic E-state index is 11.3. The molecule has 0 bridgehead atoms. The molecule has 72 valence electrons. The van der Waals surface area contributed by atoms with E-state index in [-0.39, 0.29) is 5.69 Å². The van der Waals surface area contributed by atoms with Gasteiger partial charge >= 0.3 is 0 Å². The Morgan fingerprint density at radius 2 is 2.43 bits per heavy atom. The summed E-state index contributed by atoms with van der Waals surface area (Å²) in [6.07, 6.45) is 1.60. The topological polar surface area (TPSA) is 68.0 Å². The fraction of sp³-hybridized carbons (Fsp3) is 0.222. The monoisotopic (exact) mass is 191 g/mol. The Balaban J connectivity index is 2.72. The zero-order chi connectivity index (χ0) is 10.1. The number of aliphatic hydroxyl groups excluding tert-OH is 1. The summed E-state index contributed by atoms with van der Waals surface area (Å²) in [5.74, 6) is -0.408. The van der Waals surface area contributed by atoms with Crippen LogP contribution in [0, 0.1) is 0 Å². The van der Waals surface area contributed by atoms with E-state index in [9.17, 15) is 4.79 Å². The van der Waals surface area contributed by atoms with Gasteiger partial charge in [-0.2, -0.15) is 5.10 Å². The van der Waals surface area contributed by atoms with Gasteiger partial charge in [-0.3, -0.25) is 14.5 Å². The van der Waals surface area contributed by atoms with Crippen molar-refractivity contribution in [3.63, 3.8) is 0 Å². The second-order valence-corrected chi connectivity index (χ2v) is 2.92. The molecule has 2 heterocycles. The molecule has 0 atom stereocenters. The van der Waals surface area contributed by atoms with Gasteiger partial charge in [-0.05, 0) is 12.1 Å². The van der Waals surface area contributed by atoms with E-state index < -0.39 is 12.4 Å². The zero-order valence-corrected chi connectivity index (χ0v) is 7.64. The van der Waals surface area contributed by atoms with Crippen LogP contribution in [0.4, 0.5) is 0 Å². The van der Waals surface area contributed by atoms with Gasteiger partial charge < -0.3 is 5.11 Å². The van der Waals surface area contributed by atoms with Crippen molar-refractivity contribution in [2.24, 2.45) is 7.05 Å². The molecule has 0 aliphatic carbocycles. The number of aryl methyl sites for hydroxylation is 1. The first-order valence-corrected chi connectivity index (χ1v) is 4.16. The van der Waals surface area contributed by atoms with E-state index in [2.05, 4.69) is 10.1 Å². The lowest BCUT2D eigenvalue weighted by Gasteiger charge is -1.90. The highest BCUT2D eigenvalue weighted by Crippen LogP contribution is 2.14. The number of aromatic nitrogens is 3. The molecular weight excluding hydrogens is 182 g/mol. The molecule has 2 rings (SSSR count). The Kier molecular flexibility index (Phi) is 2.01. The number of carbonyl (C=O) groups is 1. The Labute approximate surface area is 80.0 Å². The Hall–Kier alpha value is -1.75. The van der Waals surface area contributed by atoms with Crippen molar-refractivity contribution in [1.29, 1.82) is 0 Å². The van der Waals surface area contributed by atoms with E-state index in [4.69, 9.17) is 5.11 Å². The van der Waals surface area contributed by atoms with Crippen molar-refractivity contribution in [3.8, 4) is 0 Å². The van der Waals surface area contributed by atoms with Crippen molar-refractivity contribution in [1.82, 2.24) is 14.8 Å². The lowest BCUT2D eigenvalue weighted by atomic mass is 10.2. The molecule has 2 aromatic heterocycles. The summed E-state index contributed by atoms with van der Waals surface area (Å²) in [6, 6.07) is 3.60. The van der Waals surface area contributed by atoms with Crippen LogP contribution in [0.1, 0.15) is 10.5 Å². The summed E-state index contributed by atoms with van der Waals surface area (Å²) in [4.78, 5) is 15.3. The predicted molar refractivity (Wildman–Crippen MR) is 49.9 cm³/mol. The number of fused-ring (bicyclic) bond motifs is 1. The van der Waals surface area contributed by atoms with Crippen LogP contribution in [0.15, 0.2) is 18.3 Å². The molecule has 5 nitrogen and oxygen atoms in total. The van der Waals surface area contributed by atoms with Crippen LogP contribution in [0.3, 0.4) is 0 Å².